The summed E-state index contributed by atoms with van der Waals surface area (Å²) in [7, 11) is 0. The molecule has 4 aromatic rings. The zero-order valence-electron chi connectivity index (χ0n) is 18.5. The van der Waals surface area contributed by atoms with E-state index in [2.05, 4.69) is 27.4 Å². The summed E-state index contributed by atoms with van der Waals surface area (Å²) in [6.07, 6.45) is 4.85. The van der Waals surface area contributed by atoms with E-state index >= 15 is 4.39 Å². The molecule has 1 N–H and O–H groups in total. The second kappa shape index (κ2) is 8.65. The van der Waals surface area contributed by atoms with Crippen LogP contribution in [0.2, 0.25) is 0 Å². The molecule has 2 aromatic carbocycles. The third kappa shape index (κ3) is 3.94. The second-order valence-electron chi connectivity index (χ2n) is 8.46. The number of halogens is 1. The van der Waals surface area contributed by atoms with Crippen LogP contribution in [0.5, 0.6) is 0 Å². The molecule has 2 unspecified atom stereocenters. The number of rotatable bonds is 5. The first kappa shape index (κ1) is 21.1. The monoisotopic (exact) mass is 448 g/mol. The molecule has 0 spiro atoms. The van der Waals surface area contributed by atoms with Gasteiger partial charge in [0.2, 0.25) is 0 Å². The highest BCUT2D eigenvalue weighted by Crippen LogP contribution is 2.29. The zero-order valence-corrected chi connectivity index (χ0v) is 18.5. The molecular formula is C24H25FN6O2. The van der Waals surface area contributed by atoms with Crippen molar-refractivity contribution < 1.29 is 13.6 Å². The molecule has 0 aliphatic carbocycles. The smallest absolute Gasteiger partial charge is 0.295 e. The molecule has 8 nitrogen and oxygen atoms in total. The molecular weight excluding hydrogens is 423 g/mol. The number of aromatic nitrogens is 4. The van der Waals surface area contributed by atoms with Gasteiger partial charge in [-0.3, -0.25) is 4.79 Å². The minimum absolute atomic E-state index is 0.00726. The molecule has 9 heteroatoms. The fraction of sp³-hybridized carbons (Fsp3) is 0.333. The van der Waals surface area contributed by atoms with Gasteiger partial charge in [-0.15, -0.1) is 0 Å². The summed E-state index contributed by atoms with van der Waals surface area (Å²) in [6.45, 7) is 4.92. The Labute approximate surface area is 190 Å². The molecule has 1 fully saturated rings. The number of carbonyl (C=O) groups is 1. The zero-order chi connectivity index (χ0) is 22.9. The van der Waals surface area contributed by atoms with Gasteiger partial charge < -0.3 is 14.6 Å². The summed E-state index contributed by atoms with van der Waals surface area (Å²) in [5.74, 6) is -0.722. The molecule has 1 amide bonds. The van der Waals surface area contributed by atoms with Gasteiger partial charge in [0.05, 0.1) is 18.4 Å². The van der Waals surface area contributed by atoms with Gasteiger partial charge in [0, 0.05) is 13.1 Å². The number of para-hydroxylation sites is 2. The van der Waals surface area contributed by atoms with E-state index < -0.39 is 5.82 Å². The van der Waals surface area contributed by atoms with Crippen molar-refractivity contribution in [1.29, 1.82) is 0 Å². The number of carbonyl (C=O) groups excluding carboxylic acids is 1. The van der Waals surface area contributed by atoms with E-state index in [4.69, 9.17) is 4.42 Å². The Hall–Kier alpha value is -3.75. The van der Waals surface area contributed by atoms with Crippen LogP contribution in [0, 0.1) is 18.7 Å². The largest absolute Gasteiger partial charge is 0.424 e. The van der Waals surface area contributed by atoms with Crippen molar-refractivity contribution in [3.05, 3.63) is 65.7 Å². The highest BCUT2D eigenvalue weighted by atomic mass is 19.1. The van der Waals surface area contributed by atoms with Crippen molar-refractivity contribution in [2.24, 2.45) is 5.92 Å². The molecule has 170 valence electrons. The standard InChI is InChI=1S/C24H25FN6O2/c1-15-6-5-13-30(19(15)14-26-24-29-18-7-3-4-8-20(18)33-24)23(32)21-17(25)10-9-16(2)22(21)31-27-11-12-28-31/h3-4,7-12,15,19H,5-6,13-14H2,1-2H3,(H,26,29). The number of hydrogen-bond donors (Lipinski definition) is 1. The van der Waals surface area contributed by atoms with Gasteiger partial charge in [0.1, 0.15) is 22.6 Å². The average molecular weight is 449 g/mol. The quantitative estimate of drug-likeness (QED) is 0.492. The topological polar surface area (TPSA) is 89.1 Å². The van der Waals surface area contributed by atoms with E-state index in [9.17, 15) is 4.79 Å². The minimum Gasteiger partial charge on any atom is -0.424 e. The van der Waals surface area contributed by atoms with Crippen molar-refractivity contribution in [2.75, 3.05) is 18.4 Å². The number of benzene rings is 2. The Balaban J connectivity index is 1.45. The maximum Gasteiger partial charge on any atom is 0.295 e. The first-order valence-electron chi connectivity index (χ1n) is 11.1. The molecule has 1 aliphatic rings. The highest BCUT2D eigenvalue weighted by Gasteiger charge is 2.35. The lowest BCUT2D eigenvalue weighted by Crippen LogP contribution is -2.51. The number of anilines is 1. The number of oxazole rings is 1. The maximum atomic E-state index is 15.1. The van der Waals surface area contributed by atoms with E-state index in [1.165, 1.54) is 23.3 Å². The third-order valence-electron chi connectivity index (χ3n) is 6.29. The number of amides is 1. The summed E-state index contributed by atoms with van der Waals surface area (Å²) in [4.78, 5) is 21.3. The summed E-state index contributed by atoms with van der Waals surface area (Å²) in [5, 5.41) is 11.5. The summed E-state index contributed by atoms with van der Waals surface area (Å²) in [5.41, 5.74) is 2.55. The molecule has 2 atom stereocenters. The first-order valence-corrected chi connectivity index (χ1v) is 11.1. The van der Waals surface area contributed by atoms with Gasteiger partial charge in [0.25, 0.3) is 11.9 Å². The number of fused-ring (bicyclic) bond motifs is 1. The van der Waals surface area contributed by atoms with Crippen molar-refractivity contribution in [1.82, 2.24) is 24.9 Å². The van der Waals surface area contributed by atoms with Gasteiger partial charge in [0.15, 0.2) is 5.58 Å². The first-order chi connectivity index (χ1) is 16.0. The number of likely N-dealkylation sites (tertiary alicyclic amines) is 1. The van der Waals surface area contributed by atoms with Gasteiger partial charge in [-0.2, -0.15) is 20.0 Å². The molecule has 3 heterocycles. The highest BCUT2D eigenvalue weighted by molar-refractivity contribution is 5.98. The van der Waals surface area contributed by atoms with Crippen LogP contribution in [0.15, 0.2) is 53.2 Å². The maximum absolute atomic E-state index is 15.1. The number of piperidine rings is 1. The predicted octanol–water partition coefficient (Wildman–Crippen LogP) is 4.21. The van der Waals surface area contributed by atoms with Crippen LogP contribution in [0.3, 0.4) is 0 Å². The molecule has 2 aromatic heterocycles. The van der Waals surface area contributed by atoms with Crippen LogP contribution in [-0.2, 0) is 0 Å². The van der Waals surface area contributed by atoms with Gasteiger partial charge >= 0.3 is 0 Å². The second-order valence-corrected chi connectivity index (χ2v) is 8.46. The third-order valence-corrected chi connectivity index (χ3v) is 6.29. The average Bonchev–Trinajstić information content (AvgIpc) is 3.48. The van der Waals surface area contributed by atoms with Crippen LogP contribution in [0.25, 0.3) is 16.8 Å². The Bertz CT molecular complexity index is 1250. The van der Waals surface area contributed by atoms with Crippen molar-refractivity contribution >= 4 is 23.0 Å². The number of nitrogens with one attached hydrogen (secondary N) is 1. The summed E-state index contributed by atoms with van der Waals surface area (Å²) < 4.78 is 20.8. The molecule has 0 saturated carbocycles. The van der Waals surface area contributed by atoms with E-state index in [1.54, 1.807) is 11.0 Å². The number of aryl methyl sites for hydroxylation is 1. The minimum atomic E-state index is -0.582. The van der Waals surface area contributed by atoms with Crippen LogP contribution in [-0.4, -0.2) is 49.9 Å². The lowest BCUT2D eigenvalue weighted by molar-refractivity contribution is 0.0534. The lowest BCUT2D eigenvalue weighted by Gasteiger charge is -2.40. The Morgan fingerprint density at radius 1 is 1.21 bits per heavy atom. The fourth-order valence-electron chi connectivity index (χ4n) is 4.56. The van der Waals surface area contributed by atoms with Crippen molar-refractivity contribution in [3.63, 3.8) is 0 Å². The normalized spacial score (nSPS) is 18.6. The van der Waals surface area contributed by atoms with E-state index in [0.717, 1.165) is 23.9 Å². The molecule has 0 bridgehead atoms. The van der Waals surface area contributed by atoms with E-state index in [0.29, 0.717) is 30.4 Å². The van der Waals surface area contributed by atoms with E-state index in [1.807, 2.05) is 31.2 Å². The van der Waals surface area contributed by atoms with Gasteiger partial charge in [-0.1, -0.05) is 25.1 Å². The fourth-order valence-corrected chi connectivity index (χ4v) is 4.56. The van der Waals surface area contributed by atoms with Crippen LogP contribution < -0.4 is 5.32 Å². The number of nitrogens with zero attached hydrogens (tertiary/aromatic N) is 5. The molecule has 0 radical (unpaired) electrons. The van der Waals surface area contributed by atoms with Crippen LogP contribution >= 0.6 is 0 Å². The molecule has 1 saturated heterocycles. The van der Waals surface area contributed by atoms with Crippen molar-refractivity contribution in [3.8, 4) is 5.69 Å². The summed E-state index contributed by atoms with van der Waals surface area (Å²) >= 11 is 0. The van der Waals surface area contributed by atoms with Gasteiger partial charge in [-0.25, -0.2) is 4.39 Å². The van der Waals surface area contributed by atoms with Gasteiger partial charge in [-0.05, 0) is 49.4 Å². The van der Waals surface area contributed by atoms with Crippen LogP contribution in [0.1, 0.15) is 35.7 Å². The Kier molecular flexibility index (Phi) is 5.53. The van der Waals surface area contributed by atoms with Crippen molar-refractivity contribution in [2.45, 2.75) is 32.7 Å². The molecule has 33 heavy (non-hydrogen) atoms. The Morgan fingerprint density at radius 2 is 2.00 bits per heavy atom. The van der Waals surface area contributed by atoms with Crippen LogP contribution in [0.4, 0.5) is 10.4 Å². The lowest BCUT2D eigenvalue weighted by atomic mass is 9.89. The molecule has 5 rings (SSSR count). The Morgan fingerprint density at radius 3 is 2.79 bits per heavy atom. The van der Waals surface area contributed by atoms with E-state index in [-0.39, 0.29) is 23.4 Å². The SMILES string of the molecule is Cc1ccc(F)c(C(=O)N2CCCC(C)C2CNc2nc3ccccc3o2)c1-n1nccn1. The summed E-state index contributed by atoms with van der Waals surface area (Å²) in [6, 6.07) is 10.8. The molecule has 1 aliphatic heterocycles. The predicted molar refractivity (Wildman–Crippen MR) is 122 cm³/mol. The number of hydrogen-bond acceptors (Lipinski definition) is 6.